The number of rotatable bonds is 14. The molecule has 7 nitrogen and oxygen atoms in total. The molecule has 0 aliphatic heterocycles. The maximum absolute atomic E-state index is 13.6. The van der Waals surface area contributed by atoms with Gasteiger partial charge in [0.25, 0.3) is 0 Å². The number of nitrogens with one attached hydrogen (secondary N) is 1. The standard InChI is InChI=1S/C39H55N3O4/c1-11-39(7,8)23-25(2)32-22-29(16-17-33(32)40)30-18-27(19-31(21-30)46-35(24-43)38(4,5)6)20-34(26(3)44)41-37(45)36(42(9)10)28-14-12-13-15-28/h16-19,21-22,28,34,36H,2,11-15,20,23,40H2,1,3-10H3,(H,41,45). The molecule has 250 valence electrons. The van der Waals surface area contributed by atoms with Gasteiger partial charge in [-0.05, 0) is 105 Å². The fraction of sp³-hybridized carbons (Fsp3) is 0.538. The number of anilines is 1. The third-order valence-corrected chi connectivity index (χ3v) is 9.30. The van der Waals surface area contributed by atoms with Crippen LogP contribution in [0.5, 0.6) is 5.75 Å². The molecular formula is C39H55N3O4. The van der Waals surface area contributed by atoms with Crippen LogP contribution in [0.15, 0.2) is 48.7 Å². The average molecular weight is 630 g/mol. The number of ketones is 1. The van der Waals surface area contributed by atoms with Crippen molar-refractivity contribution in [2.45, 2.75) is 105 Å². The molecule has 1 aliphatic carbocycles. The molecule has 0 heterocycles. The summed E-state index contributed by atoms with van der Waals surface area (Å²) in [5, 5.41) is 3.07. The van der Waals surface area contributed by atoms with Gasteiger partial charge in [-0.15, -0.1) is 0 Å². The van der Waals surface area contributed by atoms with E-state index in [0.717, 1.165) is 66.4 Å². The van der Waals surface area contributed by atoms with Crippen molar-refractivity contribution in [3.8, 4) is 16.9 Å². The van der Waals surface area contributed by atoms with Gasteiger partial charge in [-0.1, -0.05) is 79.5 Å². The normalized spacial score (nSPS) is 15.3. The van der Waals surface area contributed by atoms with Crippen molar-refractivity contribution in [1.82, 2.24) is 10.2 Å². The molecule has 1 aliphatic rings. The second-order valence-electron chi connectivity index (χ2n) is 15.1. The highest BCUT2D eigenvalue weighted by Gasteiger charge is 2.34. The Hall–Kier alpha value is -3.67. The number of hydrogen-bond acceptors (Lipinski definition) is 6. The van der Waals surface area contributed by atoms with E-state index in [-0.39, 0.29) is 41.2 Å². The summed E-state index contributed by atoms with van der Waals surface area (Å²) >= 11 is 0. The van der Waals surface area contributed by atoms with Gasteiger partial charge >= 0.3 is 0 Å². The van der Waals surface area contributed by atoms with Crippen molar-refractivity contribution in [2.24, 2.45) is 16.7 Å². The van der Waals surface area contributed by atoms with Crippen LogP contribution in [-0.4, -0.2) is 48.7 Å². The molecule has 2 unspecified atom stereocenters. The molecule has 1 fully saturated rings. The zero-order chi connectivity index (χ0) is 34.4. The Morgan fingerprint density at radius 2 is 1.72 bits per heavy atom. The van der Waals surface area contributed by atoms with Crippen molar-refractivity contribution in [1.29, 1.82) is 0 Å². The molecule has 0 saturated heterocycles. The second-order valence-corrected chi connectivity index (χ2v) is 15.1. The summed E-state index contributed by atoms with van der Waals surface area (Å²) in [7, 11) is 3.84. The van der Waals surface area contributed by atoms with E-state index in [1.54, 1.807) is 0 Å². The quantitative estimate of drug-likeness (QED) is 0.126. The van der Waals surface area contributed by atoms with Crippen LogP contribution in [-0.2, 0) is 20.8 Å². The van der Waals surface area contributed by atoms with Crippen LogP contribution in [0.1, 0.15) is 98.1 Å². The fourth-order valence-corrected chi connectivity index (χ4v) is 6.22. The summed E-state index contributed by atoms with van der Waals surface area (Å²) in [5.74, 6) is 2.61. The zero-order valence-electron chi connectivity index (χ0n) is 29.5. The number of Topliss-reactive ketones (excluding diaryl/α,β-unsaturated/α-hetero) is 1. The van der Waals surface area contributed by atoms with Gasteiger partial charge in [0.15, 0.2) is 17.5 Å². The van der Waals surface area contributed by atoms with E-state index in [1.165, 1.54) is 6.92 Å². The number of hydrogen-bond donors (Lipinski definition) is 2. The minimum absolute atomic E-state index is 0.0838. The lowest BCUT2D eigenvalue weighted by molar-refractivity contribution is -0.131. The maximum atomic E-state index is 13.6. The van der Waals surface area contributed by atoms with Crippen LogP contribution < -0.4 is 15.8 Å². The predicted octanol–water partition coefficient (Wildman–Crippen LogP) is 7.65. The molecular weight excluding hydrogens is 574 g/mol. The van der Waals surface area contributed by atoms with Gasteiger partial charge in [-0.3, -0.25) is 14.5 Å². The third-order valence-electron chi connectivity index (χ3n) is 9.30. The lowest BCUT2D eigenvalue weighted by atomic mass is 9.81. The van der Waals surface area contributed by atoms with E-state index in [2.05, 4.69) is 32.7 Å². The molecule has 3 N–H and O–H groups in total. The number of nitrogens with two attached hydrogens (primary N) is 1. The van der Waals surface area contributed by atoms with E-state index in [0.29, 0.717) is 11.4 Å². The van der Waals surface area contributed by atoms with Gasteiger partial charge in [0, 0.05) is 16.7 Å². The van der Waals surface area contributed by atoms with Crippen LogP contribution in [0.25, 0.3) is 16.7 Å². The molecule has 2 atom stereocenters. The van der Waals surface area contributed by atoms with Gasteiger partial charge < -0.3 is 15.8 Å². The van der Waals surface area contributed by atoms with Crippen LogP contribution >= 0.6 is 0 Å². The molecule has 0 radical (unpaired) electrons. The molecule has 2 aromatic carbocycles. The molecule has 1 amide bonds. The van der Waals surface area contributed by atoms with Gasteiger partial charge in [0.2, 0.25) is 5.91 Å². The lowest BCUT2D eigenvalue weighted by Gasteiger charge is -2.30. The number of carbonyl (C=O) groups is 2. The molecule has 2 aromatic rings. The smallest absolute Gasteiger partial charge is 0.238 e. The molecule has 7 heteroatoms. The number of allylic oxidation sites excluding steroid dienone is 2. The van der Waals surface area contributed by atoms with Crippen LogP contribution in [0, 0.1) is 16.7 Å². The van der Waals surface area contributed by atoms with Crippen LogP contribution in [0.2, 0.25) is 0 Å². The van der Waals surface area contributed by atoms with Gasteiger partial charge in [0.05, 0.1) is 12.1 Å². The van der Waals surface area contributed by atoms with Gasteiger partial charge in [-0.25, -0.2) is 4.79 Å². The highest BCUT2D eigenvalue weighted by molar-refractivity contribution is 5.90. The summed E-state index contributed by atoms with van der Waals surface area (Å²) in [6, 6.07) is 10.6. The highest BCUT2D eigenvalue weighted by Crippen LogP contribution is 2.38. The third kappa shape index (κ3) is 9.67. The SMILES string of the molecule is C=C(CC(C)(C)CC)c1cc(-c2cc(CC(NC(=O)C(C3CCCC3)N(C)C)C(C)=O)cc(OC(=C=O)C(C)(C)C)c2)ccc1N. The van der Waals surface area contributed by atoms with E-state index in [9.17, 15) is 14.4 Å². The van der Waals surface area contributed by atoms with E-state index in [4.69, 9.17) is 10.5 Å². The van der Waals surface area contributed by atoms with Crippen molar-refractivity contribution in [3.05, 3.63) is 59.9 Å². The van der Waals surface area contributed by atoms with Gasteiger partial charge in [-0.2, -0.15) is 0 Å². The predicted molar refractivity (Wildman–Crippen MR) is 189 cm³/mol. The van der Waals surface area contributed by atoms with E-state index < -0.39 is 11.5 Å². The van der Waals surface area contributed by atoms with Crippen molar-refractivity contribution in [2.75, 3.05) is 19.8 Å². The Labute approximate surface area is 276 Å². The molecule has 3 rings (SSSR count). The molecule has 0 bridgehead atoms. The number of likely N-dealkylation sites (N-methyl/N-ethyl adjacent to an activating group) is 1. The Morgan fingerprint density at radius 3 is 2.26 bits per heavy atom. The first-order chi connectivity index (χ1) is 21.4. The number of nitrogens with zero attached hydrogens (tertiary/aromatic N) is 1. The number of amides is 1. The average Bonchev–Trinajstić information content (AvgIpc) is 3.48. The summed E-state index contributed by atoms with van der Waals surface area (Å²) in [6.45, 7) is 18.2. The maximum Gasteiger partial charge on any atom is 0.238 e. The first-order valence-corrected chi connectivity index (χ1v) is 16.6. The first kappa shape index (κ1) is 36.8. The fourth-order valence-electron chi connectivity index (χ4n) is 6.22. The first-order valence-electron chi connectivity index (χ1n) is 16.6. The van der Waals surface area contributed by atoms with E-state index >= 15 is 0 Å². The highest BCUT2D eigenvalue weighted by atomic mass is 16.5. The minimum Gasteiger partial charge on any atom is -0.450 e. The molecule has 46 heavy (non-hydrogen) atoms. The lowest BCUT2D eigenvalue weighted by Crippen LogP contribution is -2.52. The monoisotopic (exact) mass is 629 g/mol. The Kier molecular flexibility index (Phi) is 12.2. The number of ether oxygens (including phenoxy) is 1. The number of benzene rings is 2. The van der Waals surface area contributed by atoms with Crippen molar-refractivity contribution >= 4 is 28.9 Å². The Bertz CT molecular complexity index is 1470. The summed E-state index contributed by atoms with van der Waals surface area (Å²) < 4.78 is 6.14. The number of carbonyl (C=O) groups excluding carboxylic acids is 3. The largest absolute Gasteiger partial charge is 0.450 e. The van der Waals surface area contributed by atoms with Crippen LogP contribution in [0.3, 0.4) is 0 Å². The van der Waals surface area contributed by atoms with Gasteiger partial charge in [0.1, 0.15) is 5.75 Å². The van der Waals surface area contributed by atoms with Crippen molar-refractivity contribution in [3.63, 3.8) is 0 Å². The zero-order valence-corrected chi connectivity index (χ0v) is 29.5. The number of nitrogen functional groups attached to an aromatic ring is 1. The Balaban J connectivity index is 2.04. The molecule has 0 aromatic heterocycles. The molecule has 1 saturated carbocycles. The van der Waals surface area contributed by atoms with E-state index in [1.807, 2.05) is 82.1 Å². The summed E-state index contributed by atoms with van der Waals surface area (Å²) in [6.07, 6.45) is 6.35. The second kappa shape index (κ2) is 15.3. The Morgan fingerprint density at radius 1 is 1.07 bits per heavy atom. The summed E-state index contributed by atoms with van der Waals surface area (Å²) in [5.41, 5.74) is 11.0. The topological polar surface area (TPSA) is 102 Å². The van der Waals surface area contributed by atoms with Crippen molar-refractivity contribution < 1.29 is 19.1 Å². The minimum atomic E-state index is -0.721. The van der Waals surface area contributed by atoms with Crippen LogP contribution in [0.4, 0.5) is 5.69 Å². The molecule has 0 spiro atoms. The summed E-state index contributed by atoms with van der Waals surface area (Å²) in [4.78, 5) is 40.4.